The fraction of sp³-hybridized carbons (Fsp3) is 0.600. The van der Waals surface area contributed by atoms with Crippen molar-refractivity contribution in [3.63, 3.8) is 0 Å². The Labute approximate surface area is 135 Å². The van der Waals surface area contributed by atoms with Gasteiger partial charge in [0.05, 0.1) is 0 Å². The van der Waals surface area contributed by atoms with Gasteiger partial charge in [-0.2, -0.15) is 0 Å². The van der Waals surface area contributed by atoms with Crippen LogP contribution in [0.1, 0.15) is 78.0 Å². The minimum Gasteiger partial charge on any atom is -0.507 e. The van der Waals surface area contributed by atoms with Crippen molar-refractivity contribution in [1.29, 1.82) is 0 Å². The van der Waals surface area contributed by atoms with E-state index in [1.54, 1.807) is 0 Å². The summed E-state index contributed by atoms with van der Waals surface area (Å²) in [5, 5.41) is 20.4. The largest absolute Gasteiger partial charge is 0.507 e. The molecule has 0 aliphatic rings. The van der Waals surface area contributed by atoms with Crippen molar-refractivity contribution in [1.82, 2.24) is 0 Å². The van der Waals surface area contributed by atoms with E-state index in [-0.39, 0.29) is 10.8 Å². The summed E-state index contributed by atoms with van der Waals surface area (Å²) in [4.78, 5) is 0. The first-order valence-electron chi connectivity index (χ1n) is 8.04. The third-order valence-corrected chi connectivity index (χ3v) is 3.67. The Kier molecular flexibility index (Phi) is 5.70. The maximum absolute atomic E-state index is 10.6. The minimum atomic E-state index is -0.588. The second-order valence-electron chi connectivity index (χ2n) is 7.99. The predicted octanol–water partition coefficient (Wildman–Crippen LogP) is 4.50. The molecule has 0 aliphatic carbocycles. The zero-order chi connectivity index (χ0) is 17.1. The number of aromatic hydroxyl groups is 1. The van der Waals surface area contributed by atoms with Gasteiger partial charge in [0.15, 0.2) is 0 Å². The van der Waals surface area contributed by atoms with Crippen molar-refractivity contribution in [3.8, 4) is 17.6 Å². The molecule has 0 aliphatic heterocycles. The Bertz CT molecular complexity index is 539. The molecule has 2 nitrogen and oxygen atoms in total. The first kappa shape index (κ1) is 18.6. The summed E-state index contributed by atoms with van der Waals surface area (Å²) < 4.78 is 0. The highest BCUT2D eigenvalue weighted by Crippen LogP contribution is 2.39. The maximum atomic E-state index is 10.6. The van der Waals surface area contributed by atoms with E-state index in [9.17, 15) is 10.2 Å². The molecule has 2 N–H and O–H groups in total. The number of rotatable bonds is 2. The second-order valence-corrected chi connectivity index (χ2v) is 7.99. The average Bonchev–Trinajstić information content (AvgIpc) is 2.35. The van der Waals surface area contributed by atoms with Gasteiger partial charge in [0.25, 0.3) is 0 Å². The number of aliphatic hydroxyl groups is 1. The van der Waals surface area contributed by atoms with E-state index in [4.69, 9.17) is 0 Å². The molecule has 1 rings (SSSR count). The second kappa shape index (κ2) is 6.75. The molecule has 2 heteroatoms. The maximum Gasteiger partial charge on any atom is 0.123 e. The van der Waals surface area contributed by atoms with Crippen LogP contribution in [0.25, 0.3) is 0 Å². The zero-order valence-corrected chi connectivity index (χ0v) is 15.0. The first-order valence-corrected chi connectivity index (χ1v) is 8.04. The van der Waals surface area contributed by atoms with Gasteiger partial charge in [-0.3, -0.25) is 0 Å². The van der Waals surface area contributed by atoms with E-state index in [1.807, 2.05) is 19.1 Å². The smallest absolute Gasteiger partial charge is 0.123 e. The van der Waals surface area contributed by atoms with Gasteiger partial charge in [-0.1, -0.05) is 66.7 Å². The molecule has 0 saturated carbocycles. The Balaban J connectivity index is 3.42. The van der Waals surface area contributed by atoms with Crippen LogP contribution in [-0.2, 0) is 10.8 Å². The molecule has 1 unspecified atom stereocenters. The van der Waals surface area contributed by atoms with Crippen LogP contribution in [0.3, 0.4) is 0 Å². The predicted molar refractivity (Wildman–Crippen MR) is 93.3 cm³/mol. The summed E-state index contributed by atoms with van der Waals surface area (Å²) in [7, 11) is 0. The molecule has 22 heavy (non-hydrogen) atoms. The van der Waals surface area contributed by atoms with Gasteiger partial charge in [0.1, 0.15) is 11.9 Å². The van der Waals surface area contributed by atoms with Crippen LogP contribution in [-0.4, -0.2) is 16.3 Å². The van der Waals surface area contributed by atoms with E-state index < -0.39 is 6.10 Å². The summed E-state index contributed by atoms with van der Waals surface area (Å²) in [6.07, 6.45) is 1.00. The summed E-state index contributed by atoms with van der Waals surface area (Å²) in [5.41, 5.74) is 2.32. The topological polar surface area (TPSA) is 40.5 Å². The third-order valence-electron chi connectivity index (χ3n) is 3.67. The molecule has 122 valence electrons. The Morgan fingerprint density at radius 1 is 1.00 bits per heavy atom. The monoisotopic (exact) mass is 302 g/mol. The molecule has 0 amide bonds. The number of phenolic OH excluding ortho intramolecular Hbond substituents is 1. The zero-order valence-electron chi connectivity index (χ0n) is 15.0. The number of aliphatic hydroxyl groups excluding tert-OH is 1. The quantitative estimate of drug-likeness (QED) is 0.790. The van der Waals surface area contributed by atoms with Gasteiger partial charge >= 0.3 is 0 Å². The lowest BCUT2D eigenvalue weighted by Crippen LogP contribution is -2.17. The van der Waals surface area contributed by atoms with Gasteiger partial charge in [-0.25, -0.2) is 0 Å². The summed E-state index contributed by atoms with van der Waals surface area (Å²) in [6.45, 7) is 14.5. The van der Waals surface area contributed by atoms with Crippen LogP contribution < -0.4 is 0 Å². The normalized spacial score (nSPS) is 13.5. The van der Waals surface area contributed by atoms with Crippen molar-refractivity contribution in [2.45, 2.75) is 78.2 Å². The SMILES string of the molecule is CCCC(O)C#Cc1cc(C(C)(C)C)c(O)c(C(C)(C)C)c1. The van der Waals surface area contributed by atoms with Crippen molar-refractivity contribution in [2.24, 2.45) is 0 Å². The van der Waals surface area contributed by atoms with Crippen molar-refractivity contribution < 1.29 is 10.2 Å². The van der Waals surface area contributed by atoms with Gasteiger partial charge in [-0.15, -0.1) is 0 Å². The van der Waals surface area contributed by atoms with Gasteiger partial charge in [-0.05, 0) is 29.4 Å². The molecule has 0 aromatic heterocycles. The van der Waals surface area contributed by atoms with E-state index in [0.29, 0.717) is 12.2 Å². The van der Waals surface area contributed by atoms with E-state index in [0.717, 1.165) is 23.1 Å². The van der Waals surface area contributed by atoms with Crippen LogP contribution >= 0.6 is 0 Å². The molecule has 1 atom stereocenters. The van der Waals surface area contributed by atoms with E-state index >= 15 is 0 Å². The van der Waals surface area contributed by atoms with Crippen LogP contribution in [0, 0.1) is 11.8 Å². The van der Waals surface area contributed by atoms with Crippen LogP contribution in [0.15, 0.2) is 12.1 Å². The lowest BCUT2D eigenvalue weighted by atomic mass is 9.78. The van der Waals surface area contributed by atoms with Gasteiger partial charge < -0.3 is 10.2 Å². The van der Waals surface area contributed by atoms with Crippen molar-refractivity contribution in [2.75, 3.05) is 0 Å². The molecular weight excluding hydrogens is 272 g/mol. The van der Waals surface area contributed by atoms with Crippen LogP contribution in [0.2, 0.25) is 0 Å². The minimum absolute atomic E-state index is 0.163. The molecule has 0 saturated heterocycles. The van der Waals surface area contributed by atoms with Gasteiger partial charge in [0, 0.05) is 16.7 Å². The molecule has 0 fully saturated rings. The molecule has 0 bridgehead atoms. The lowest BCUT2D eigenvalue weighted by Gasteiger charge is -2.27. The van der Waals surface area contributed by atoms with Gasteiger partial charge in [0.2, 0.25) is 0 Å². The highest BCUT2D eigenvalue weighted by atomic mass is 16.3. The molecular formula is C20H30O2. The summed E-state index contributed by atoms with van der Waals surface area (Å²) >= 11 is 0. The first-order chi connectivity index (χ1) is 9.96. The fourth-order valence-corrected chi connectivity index (χ4v) is 2.36. The molecule has 1 aromatic rings. The standard InChI is InChI=1S/C20H30O2/c1-8-9-15(21)11-10-14-12-16(19(2,3)4)18(22)17(13-14)20(5,6)7/h12-13,15,21-22H,8-9H2,1-7H3. The fourth-order valence-electron chi connectivity index (χ4n) is 2.36. The van der Waals surface area contributed by atoms with Crippen molar-refractivity contribution >= 4 is 0 Å². The summed E-state index contributed by atoms with van der Waals surface area (Å²) in [6, 6.07) is 3.88. The molecule has 0 radical (unpaired) electrons. The highest BCUT2D eigenvalue weighted by Gasteiger charge is 2.26. The Morgan fingerprint density at radius 2 is 1.45 bits per heavy atom. The van der Waals surface area contributed by atoms with Crippen LogP contribution in [0.4, 0.5) is 0 Å². The molecule has 0 heterocycles. The lowest BCUT2D eigenvalue weighted by molar-refractivity contribution is 0.221. The summed E-state index contributed by atoms with van der Waals surface area (Å²) in [5.74, 6) is 6.33. The Morgan fingerprint density at radius 3 is 1.82 bits per heavy atom. The van der Waals surface area contributed by atoms with Crippen LogP contribution in [0.5, 0.6) is 5.75 Å². The number of hydrogen-bond donors (Lipinski definition) is 2. The van der Waals surface area contributed by atoms with Crippen molar-refractivity contribution in [3.05, 3.63) is 28.8 Å². The average molecular weight is 302 g/mol. The van der Waals surface area contributed by atoms with E-state index in [2.05, 4.69) is 53.4 Å². The van der Waals surface area contributed by atoms with E-state index in [1.165, 1.54) is 0 Å². The highest BCUT2D eigenvalue weighted by molar-refractivity contribution is 5.53. The molecule has 1 aromatic carbocycles. The third kappa shape index (κ3) is 4.78. The molecule has 0 spiro atoms. The number of hydrogen-bond acceptors (Lipinski definition) is 2. The number of benzene rings is 1. The number of phenols is 1. The Hall–Kier alpha value is -1.46.